The molecule has 1 aliphatic carbocycles. The molecule has 0 bridgehead atoms. The van der Waals surface area contributed by atoms with Gasteiger partial charge in [-0.15, -0.1) is 0 Å². The quantitative estimate of drug-likeness (QED) is 0.632. The lowest BCUT2D eigenvalue weighted by Gasteiger charge is -2.36. The minimum Gasteiger partial charge on any atom is -0.476 e. The standard InChI is InChI=1S/C26H26N2O4S/c1-18-13-15-20(16-14-18)33(30,31)28-17-25(32-24-12-5-4-11-23(24)28)26(29)27-22-10-6-8-19-7-2-3-9-21(19)22/h2-5,7,9,11-16,22,25H,6,8,10,17H2,1H3,(H,27,29)/t22-,25-/m0/s1. The maximum Gasteiger partial charge on any atom is 0.264 e. The Morgan fingerprint density at radius 1 is 1.00 bits per heavy atom. The van der Waals surface area contributed by atoms with E-state index in [0.717, 1.165) is 30.4 Å². The number of anilines is 1. The topological polar surface area (TPSA) is 75.7 Å². The Morgan fingerprint density at radius 2 is 1.73 bits per heavy atom. The van der Waals surface area contributed by atoms with Gasteiger partial charge in [0.1, 0.15) is 5.75 Å². The Morgan fingerprint density at radius 3 is 2.55 bits per heavy atom. The first kappa shape index (κ1) is 21.5. The summed E-state index contributed by atoms with van der Waals surface area (Å²) in [5.41, 5.74) is 3.77. The Bertz CT molecular complexity index is 1290. The van der Waals surface area contributed by atoms with E-state index in [0.29, 0.717) is 11.4 Å². The van der Waals surface area contributed by atoms with Crippen LogP contribution in [-0.4, -0.2) is 27.0 Å². The van der Waals surface area contributed by atoms with Crippen LogP contribution < -0.4 is 14.4 Å². The fourth-order valence-electron chi connectivity index (χ4n) is 4.57. The Balaban J connectivity index is 1.44. The number of para-hydroxylation sites is 2. The third-order valence-electron chi connectivity index (χ3n) is 6.32. The zero-order valence-electron chi connectivity index (χ0n) is 18.4. The van der Waals surface area contributed by atoms with Crippen molar-refractivity contribution >= 4 is 21.6 Å². The van der Waals surface area contributed by atoms with Crippen LogP contribution in [0.4, 0.5) is 5.69 Å². The molecule has 1 aliphatic heterocycles. The maximum absolute atomic E-state index is 13.5. The summed E-state index contributed by atoms with van der Waals surface area (Å²) in [7, 11) is -3.87. The highest BCUT2D eigenvalue weighted by Crippen LogP contribution is 2.37. The number of nitrogens with one attached hydrogen (secondary N) is 1. The van der Waals surface area contributed by atoms with E-state index < -0.39 is 16.1 Å². The number of benzene rings is 3. The van der Waals surface area contributed by atoms with E-state index in [-0.39, 0.29) is 23.4 Å². The van der Waals surface area contributed by atoms with Crippen LogP contribution in [0.25, 0.3) is 0 Å². The van der Waals surface area contributed by atoms with E-state index >= 15 is 0 Å². The average Bonchev–Trinajstić information content (AvgIpc) is 2.84. The summed E-state index contributed by atoms with van der Waals surface area (Å²) in [4.78, 5) is 13.5. The summed E-state index contributed by atoms with van der Waals surface area (Å²) >= 11 is 0. The highest BCUT2D eigenvalue weighted by atomic mass is 32.2. The largest absolute Gasteiger partial charge is 0.476 e. The minimum absolute atomic E-state index is 0.0899. The van der Waals surface area contributed by atoms with Crippen LogP contribution in [0.2, 0.25) is 0 Å². The van der Waals surface area contributed by atoms with Gasteiger partial charge >= 0.3 is 0 Å². The molecule has 0 radical (unpaired) electrons. The average molecular weight is 463 g/mol. The summed E-state index contributed by atoms with van der Waals surface area (Å²) in [5.74, 6) is 0.0685. The van der Waals surface area contributed by atoms with Crippen molar-refractivity contribution in [3.8, 4) is 5.75 Å². The molecule has 0 unspecified atom stereocenters. The highest BCUT2D eigenvalue weighted by molar-refractivity contribution is 7.92. The van der Waals surface area contributed by atoms with Gasteiger partial charge in [-0.2, -0.15) is 0 Å². The lowest BCUT2D eigenvalue weighted by molar-refractivity contribution is -0.128. The zero-order chi connectivity index (χ0) is 23.0. The third kappa shape index (κ3) is 4.09. The molecule has 1 amide bonds. The van der Waals surface area contributed by atoms with Crippen molar-refractivity contribution in [2.75, 3.05) is 10.8 Å². The predicted octanol–water partition coefficient (Wildman–Crippen LogP) is 4.15. The second-order valence-corrected chi connectivity index (χ2v) is 10.4. The normalized spacial score (nSPS) is 19.7. The molecule has 33 heavy (non-hydrogen) atoms. The molecular formula is C26H26N2O4S. The number of aryl methyl sites for hydroxylation is 2. The molecule has 6 nitrogen and oxygen atoms in total. The van der Waals surface area contributed by atoms with Gasteiger partial charge in [0.15, 0.2) is 6.10 Å². The van der Waals surface area contributed by atoms with E-state index in [9.17, 15) is 13.2 Å². The van der Waals surface area contributed by atoms with Gasteiger partial charge in [-0.05, 0) is 61.6 Å². The number of rotatable bonds is 4. The van der Waals surface area contributed by atoms with Crippen molar-refractivity contribution in [2.45, 2.75) is 43.2 Å². The molecule has 2 atom stereocenters. The van der Waals surface area contributed by atoms with Crippen LogP contribution in [0.15, 0.2) is 77.7 Å². The van der Waals surface area contributed by atoms with E-state index in [1.165, 1.54) is 9.87 Å². The van der Waals surface area contributed by atoms with Crippen LogP contribution in [-0.2, 0) is 21.2 Å². The van der Waals surface area contributed by atoms with Crippen LogP contribution >= 0.6 is 0 Å². The molecule has 0 aromatic heterocycles. The number of nitrogens with zero attached hydrogens (tertiary/aromatic N) is 1. The number of amides is 1. The minimum atomic E-state index is -3.87. The molecule has 3 aromatic carbocycles. The SMILES string of the molecule is Cc1ccc(S(=O)(=O)N2C[C@@H](C(=O)N[C@H]3CCCc4ccccc43)Oc3ccccc32)cc1. The van der Waals surface area contributed by atoms with Crippen molar-refractivity contribution in [1.29, 1.82) is 0 Å². The van der Waals surface area contributed by atoms with Gasteiger partial charge in [-0.25, -0.2) is 8.42 Å². The van der Waals surface area contributed by atoms with E-state index in [1.54, 1.807) is 48.5 Å². The highest BCUT2D eigenvalue weighted by Gasteiger charge is 2.38. The van der Waals surface area contributed by atoms with Gasteiger partial charge in [0.05, 0.1) is 23.2 Å². The van der Waals surface area contributed by atoms with Gasteiger partial charge in [-0.3, -0.25) is 9.10 Å². The number of ether oxygens (including phenoxy) is 1. The molecule has 1 N–H and O–H groups in total. The van der Waals surface area contributed by atoms with Gasteiger partial charge in [-0.1, -0.05) is 54.1 Å². The summed E-state index contributed by atoms with van der Waals surface area (Å²) in [5, 5.41) is 3.11. The summed E-state index contributed by atoms with van der Waals surface area (Å²) in [6.45, 7) is 1.82. The molecule has 0 spiro atoms. The molecule has 0 fully saturated rings. The Labute approximate surface area is 194 Å². The van der Waals surface area contributed by atoms with E-state index in [2.05, 4.69) is 11.4 Å². The van der Waals surface area contributed by atoms with Crippen LogP contribution in [0.1, 0.15) is 35.6 Å². The first-order valence-electron chi connectivity index (χ1n) is 11.2. The zero-order valence-corrected chi connectivity index (χ0v) is 19.2. The number of fused-ring (bicyclic) bond motifs is 2. The molecule has 7 heteroatoms. The lowest BCUT2D eigenvalue weighted by atomic mass is 9.87. The van der Waals surface area contributed by atoms with Crippen LogP contribution in [0, 0.1) is 6.92 Å². The summed E-state index contributed by atoms with van der Waals surface area (Å²) in [6.07, 6.45) is 1.88. The molecule has 5 rings (SSSR count). The molecule has 1 heterocycles. The fourth-order valence-corrected chi connectivity index (χ4v) is 6.05. The van der Waals surface area contributed by atoms with Gasteiger partial charge in [0.2, 0.25) is 0 Å². The van der Waals surface area contributed by atoms with Gasteiger partial charge in [0.25, 0.3) is 15.9 Å². The number of hydrogen-bond donors (Lipinski definition) is 1. The van der Waals surface area contributed by atoms with Crippen molar-refractivity contribution in [3.05, 3.63) is 89.5 Å². The van der Waals surface area contributed by atoms with Crippen molar-refractivity contribution in [2.24, 2.45) is 0 Å². The first-order chi connectivity index (χ1) is 15.9. The summed E-state index contributed by atoms with van der Waals surface area (Å²) in [6, 6.07) is 21.7. The van der Waals surface area contributed by atoms with Crippen molar-refractivity contribution in [1.82, 2.24) is 5.32 Å². The molecule has 2 aliphatic rings. The van der Waals surface area contributed by atoms with E-state index in [4.69, 9.17) is 4.74 Å². The Hall–Kier alpha value is -3.32. The number of hydrogen-bond acceptors (Lipinski definition) is 4. The smallest absolute Gasteiger partial charge is 0.264 e. The summed E-state index contributed by atoms with van der Waals surface area (Å²) < 4.78 is 34.3. The molecule has 3 aromatic rings. The monoisotopic (exact) mass is 462 g/mol. The fraction of sp³-hybridized carbons (Fsp3) is 0.269. The van der Waals surface area contributed by atoms with E-state index in [1.807, 2.05) is 25.1 Å². The maximum atomic E-state index is 13.5. The molecule has 170 valence electrons. The number of carbonyl (C=O) groups excluding carboxylic acids is 1. The van der Waals surface area contributed by atoms with Crippen molar-refractivity contribution in [3.63, 3.8) is 0 Å². The van der Waals surface area contributed by atoms with Crippen LogP contribution in [0.5, 0.6) is 5.75 Å². The molecule has 0 saturated heterocycles. The number of sulfonamides is 1. The second kappa shape index (κ2) is 8.56. The van der Waals surface area contributed by atoms with Gasteiger partial charge in [0, 0.05) is 0 Å². The predicted molar refractivity (Wildman–Crippen MR) is 127 cm³/mol. The van der Waals surface area contributed by atoms with Crippen molar-refractivity contribution < 1.29 is 17.9 Å². The lowest BCUT2D eigenvalue weighted by Crippen LogP contribution is -2.51. The molecule has 0 saturated carbocycles. The first-order valence-corrected chi connectivity index (χ1v) is 12.6. The Kier molecular flexibility index (Phi) is 5.58. The second-order valence-electron chi connectivity index (χ2n) is 8.58. The number of carbonyl (C=O) groups is 1. The molecular weight excluding hydrogens is 436 g/mol. The van der Waals surface area contributed by atoms with Gasteiger partial charge < -0.3 is 10.1 Å². The van der Waals surface area contributed by atoms with Crippen LogP contribution in [0.3, 0.4) is 0 Å². The third-order valence-corrected chi connectivity index (χ3v) is 8.12.